The van der Waals surface area contributed by atoms with Gasteiger partial charge in [-0.15, -0.1) is 0 Å². The molecule has 1 fully saturated rings. The van der Waals surface area contributed by atoms with Crippen LogP contribution in [0.2, 0.25) is 0 Å². The first kappa shape index (κ1) is 33.7. The predicted molar refractivity (Wildman–Crippen MR) is 170 cm³/mol. The maximum Gasteiger partial charge on any atom is 0.329 e. The van der Waals surface area contributed by atoms with Crippen molar-refractivity contribution in [2.45, 2.75) is 71.9 Å². The molecule has 12 heteroatoms. The molecular weight excluding hydrogens is 578 g/mol. The molecule has 244 valence electrons. The molecule has 1 aromatic heterocycles. The van der Waals surface area contributed by atoms with E-state index in [9.17, 15) is 14.4 Å². The number of ether oxygens (including phenoxy) is 3. The summed E-state index contributed by atoms with van der Waals surface area (Å²) in [5.41, 5.74) is 2.98. The van der Waals surface area contributed by atoms with Gasteiger partial charge in [-0.2, -0.15) is 0 Å². The summed E-state index contributed by atoms with van der Waals surface area (Å²) in [6.45, 7) is 12.0. The molecule has 0 spiro atoms. The summed E-state index contributed by atoms with van der Waals surface area (Å²) in [7, 11) is 1.51. The molecule has 0 saturated carbocycles. The third-order valence-electron chi connectivity index (χ3n) is 7.92. The van der Waals surface area contributed by atoms with Crippen molar-refractivity contribution in [3.05, 3.63) is 46.3 Å². The normalized spacial score (nSPS) is 16.1. The van der Waals surface area contributed by atoms with Crippen LogP contribution in [-0.2, 0) is 21.5 Å². The zero-order valence-electron chi connectivity index (χ0n) is 27.1. The number of rotatable bonds is 14. The molecule has 1 amide bonds. The Hall–Kier alpha value is -4.19. The Balaban J connectivity index is 1.66. The van der Waals surface area contributed by atoms with Crippen molar-refractivity contribution in [2.24, 2.45) is 0 Å². The number of aliphatic carboxylic acids is 1. The van der Waals surface area contributed by atoms with Gasteiger partial charge in [-0.25, -0.2) is 9.78 Å². The van der Waals surface area contributed by atoms with Crippen LogP contribution in [0.4, 0.5) is 5.69 Å². The minimum Gasteiger partial charge on any atom is -0.491 e. The number of carbonyl (C=O) groups excluding carboxylic acids is 2. The highest BCUT2D eigenvalue weighted by molar-refractivity contribution is 6.06. The largest absolute Gasteiger partial charge is 0.491 e. The fraction of sp³-hybridized carbons (Fsp3) is 0.545. The number of ketones is 1. The quantitative estimate of drug-likeness (QED) is 0.208. The molecule has 2 aliphatic rings. The first-order valence-corrected chi connectivity index (χ1v) is 15.5. The summed E-state index contributed by atoms with van der Waals surface area (Å²) in [5, 5.41) is 20.5. The van der Waals surface area contributed by atoms with E-state index >= 15 is 0 Å². The Morgan fingerprint density at radius 2 is 1.91 bits per heavy atom. The first-order chi connectivity index (χ1) is 21.4. The lowest BCUT2D eigenvalue weighted by atomic mass is 9.84. The predicted octanol–water partition coefficient (Wildman–Crippen LogP) is 4.02. The van der Waals surface area contributed by atoms with Crippen molar-refractivity contribution in [3.8, 4) is 11.5 Å². The van der Waals surface area contributed by atoms with Crippen molar-refractivity contribution >= 4 is 29.2 Å². The van der Waals surface area contributed by atoms with Gasteiger partial charge in [-0.3, -0.25) is 15.0 Å². The van der Waals surface area contributed by atoms with Crippen molar-refractivity contribution in [1.82, 2.24) is 15.2 Å². The topological polar surface area (TPSA) is 154 Å². The van der Waals surface area contributed by atoms with E-state index in [1.807, 2.05) is 19.1 Å². The summed E-state index contributed by atoms with van der Waals surface area (Å²) >= 11 is 0. The van der Waals surface area contributed by atoms with Crippen LogP contribution in [0.1, 0.15) is 91.5 Å². The maximum absolute atomic E-state index is 14.0. The highest BCUT2D eigenvalue weighted by Gasteiger charge is 2.34. The van der Waals surface area contributed by atoms with Gasteiger partial charge in [0.2, 0.25) is 0 Å². The Bertz CT molecular complexity index is 1450. The van der Waals surface area contributed by atoms with Gasteiger partial charge in [0.1, 0.15) is 23.9 Å². The molecule has 4 rings (SSSR count). The summed E-state index contributed by atoms with van der Waals surface area (Å²) in [4.78, 5) is 45.7. The van der Waals surface area contributed by atoms with E-state index in [0.29, 0.717) is 55.3 Å². The average molecular weight is 624 g/mol. The number of nitrogens with zero attached hydrogens (tertiary/aromatic N) is 3. The van der Waals surface area contributed by atoms with Gasteiger partial charge in [-0.1, -0.05) is 34.1 Å². The van der Waals surface area contributed by atoms with E-state index in [1.165, 1.54) is 7.05 Å². The van der Waals surface area contributed by atoms with Crippen LogP contribution in [0.25, 0.3) is 0 Å². The zero-order valence-corrected chi connectivity index (χ0v) is 27.1. The van der Waals surface area contributed by atoms with E-state index in [-0.39, 0.29) is 48.5 Å². The molecule has 0 bridgehead atoms. The van der Waals surface area contributed by atoms with Crippen LogP contribution in [-0.4, -0.2) is 91.1 Å². The highest BCUT2D eigenvalue weighted by Crippen LogP contribution is 2.42. The Labute approximate surface area is 264 Å². The molecule has 1 unspecified atom stereocenters. The molecule has 1 atom stereocenters. The van der Waals surface area contributed by atoms with Gasteiger partial charge in [0, 0.05) is 43.4 Å². The number of anilines is 1. The molecule has 2 aromatic rings. The second-order valence-corrected chi connectivity index (χ2v) is 12.4. The van der Waals surface area contributed by atoms with Gasteiger partial charge in [0.15, 0.2) is 17.2 Å². The van der Waals surface area contributed by atoms with Crippen LogP contribution in [0.5, 0.6) is 11.5 Å². The van der Waals surface area contributed by atoms with Crippen LogP contribution in [0, 0.1) is 5.41 Å². The van der Waals surface area contributed by atoms with E-state index in [0.717, 1.165) is 29.8 Å². The number of pyridine rings is 1. The number of carboxylic acid groups (broad SMARTS) is 1. The van der Waals surface area contributed by atoms with Crippen LogP contribution < -0.4 is 19.7 Å². The average Bonchev–Trinajstić information content (AvgIpc) is 3.59. The molecule has 45 heavy (non-hydrogen) atoms. The number of amides is 1. The number of fused-ring (bicyclic) bond motifs is 1. The number of nitrogens with one attached hydrogen (secondary N) is 2. The monoisotopic (exact) mass is 623 g/mol. The van der Waals surface area contributed by atoms with Gasteiger partial charge in [0.25, 0.3) is 5.91 Å². The SMILES string of the molecule is CCCCOc1c(N2CCC(OCC(=O)O)C2)cc(C(=O)CN2Cc3cc(OCC)c(C(=O)NC)nc3C2=N)cc1C(C)(C)C. The molecule has 0 radical (unpaired) electrons. The van der Waals surface area contributed by atoms with Gasteiger partial charge in [-0.05, 0) is 43.4 Å². The number of hydrogen-bond acceptors (Lipinski definition) is 9. The number of amidine groups is 1. The van der Waals surface area contributed by atoms with Gasteiger partial charge < -0.3 is 34.4 Å². The number of aromatic nitrogens is 1. The van der Waals surface area contributed by atoms with Crippen molar-refractivity contribution in [3.63, 3.8) is 0 Å². The smallest absolute Gasteiger partial charge is 0.329 e. The summed E-state index contributed by atoms with van der Waals surface area (Å²) in [6.07, 6.45) is 2.26. The van der Waals surface area contributed by atoms with E-state index in [4.69, 9.17) is 24.7 Å². The third-order valence-corrected chi connectivity index (χ3v) is 7.92. The number of benzene rings is 1. The molecule has 3 N–H and O–H groups in total. The van der Waals surface area contributed by atoms with E-state index in [1.54, 1.807) is 11.0 Å². The molecule has 1 aromatic carbocycles. The standard InChI is InChI=1S/C33H45N5O7/c1-7-9-12-44-30-23(33(3,4)5)13-20(14-24(30)37-11-10-22(17-37)45-19-27(40)41)25(39)18-38-16-21-15-26(43-8-2)29(32(42)35-6)36-28(21)31(38)34/h13-15,22,34H,7-12,16-19H2,1-6H3,(H,35,42)(H,40,41). The van der Waals surface area contributed by atoms with Gasteiger partial charge in [0.05, 0.1) is 31.5 Å². The zero-order chi connectivity index (χ0) is 32.9. The molecule has 0 aliphatic carbocycles. The van der Waals surface area contributed by atoms with Crippen LogP contribution in [0.3, 0.4) is 0 Å². The Morgan fingerprint density at radius 3 is 2.56 bits per heavy atom. The Morgan fingerprint density at radius 1 is 1.16 bits per heavy atom. The molecular formula is C33H45N5O7. The van der Waals surface area contributed by atoms with Crippen molar-refractivity contribution in [2.75, 3.05) is 51.4 Å². The lowest BCUT2D eigenvalue weighted by Crippen LogP contribution is -2.31. The number of carboxylic acids is 1. The summed E-state index contributed by atoms with van der Waals surface area (Å²) in [5.74, 6) is -0.463. The van der Waals surface area contributed by atoms with Crippen molar-refractivity contribution in [1.29, 1.82) is 5.41 Å². The minimum atomic E-state index is -1.01. The second-order valence-electron chi connectivity index (χ2n) is 12.4. The Kier molecular flexibility index (Phi) is 10.7. The summed E-state index contributed by atoms with van der Waals surface area (Å²) < 4.78 is 17.6. The van der Waals surface area contributed by atoms with Crippen LogP contribution in [0.15, 0.2) is 18.2 Å². The number of hydrogen-bond donors (Lipinski definition) is 3. The lowest BCUT2D eigenvalue weighted by Gasteiger charge is -2.30. The van der Waals surface area contributed by atoms with E-state index in [2.05, 4.69) is 42.9 Å². The second kappa shape index (κ2) is 14.3. The maximum atomic E-state index is 14.0. The van der Waals surface area contributed by atoms with Crippen molar-refractivity contribution < 1.29 is 33.7 Å². The number of carbonyl (C=O) groups is 3. The molecule has 12 nitrogen and oxygen atoms in total. The first-order valence-electron chi connectivity index (χ1n) is 15.5. The molecule has 3 heterocycles. The highest BCUT2D eigenvalue weighted by atomic mass is 16.5. The molecule has 2 aliphatic heterocycles. The lowest BCUT2D eigenvalue weighted by molar-refractivity contribution is -0.143. The number of Topliss-reactive ketones (excluding diaryl/α,β-unsaturated/α-hetero) is 1. The third kappa shape index (κ3) is 7.73. The summed E-state index contributed by atoms with van der Waals surface area (Å²) in [6, 6.07) is 5.47. The molecule has 1 saturated heterocycles. The van der Waals surface area contributed by atoms with Crippen LogP contribution >= 0.6 is 0 Å². The van der Waals surface area contributed by atoms with E-state index < -0.39 is 11.9 Å². The van der Waals surface area contributed by atoms with Gasteiger partial charge >= 0.3 is 5.97 Å². The fourth-order valence-corrected chi connectivity index (χ4v) is 5.55. The minimum absolute atomic E-state index is 0.0577. The fourth-order valence-electron chi connectivity index (χ4n) is 5.55. The number of unbranched alkanes of at least 4 members (excludes halogenated alkanes) is 1.